The fraction of sp³-hybridized carbons (Fsp3) is 0.0769. The maximum Gasteiger partial charge on any atom is 0.332 e. The molecule has 11 heteroatoms. The number of carbonyl (C=O) groups excluding carboxylic acids is 2. The zero-order valence-electron chi connectivity index (χ0n) is 19.7. The van der Waals surface area contributed by atoms with Gasteiger partial charge in [0, 0.05) is 6.07 Å². The number of nitrogens with one attached hydrogen (secondary N) is 1. The quantitative estimate of drug-likeness (QED) is 0.216. The van der Waals surface area contributed by atoms with Crippen LogP contribution in [0.15, 0.2) is 101 Å². The second-order valence-corrected chi connectivity index (χ2v) is 9.65. The van der Waals surface area contributed by atoms with E-state index in [1.54, 1.807) is 49.4 Å². The van der Waals surface area contributed by atoms with Crippen LogP contribution >= 0.6 is 0 Å². The molecule has 0 aliphatic carbocycles. The van der Waals surface area contributed by atoms with Crippen LogP contribution < -0.4 is 9.62 Å². The van der Waals surface area contributed by atoms with Crippen molar-refractivity contribution in [1.82, 2.24) is 4.72 Å². The van der Waals surface area contributed by atoms with Gasteiger partial charge in [0.2, 0.25) is 5.78 Å². The minimum Gasteiger partial charge on any atom is -0.466 e. The molecule has 0 spiro atoms. The number of allylic oxidation sites excluding steroid dienone is 1. The van der Waals surface area contributed by atoms with Crippen molar-refractivity contribution in [2.75, 3.05) is 12.0 Å². The molecule has 3 aromatic carbocycles. The van der Waals surface area contributed by atoms with Gasteiger partial charge in [-0.3, -0.25) is 24.5 Å². The van der Waals surface area contributed by atoms with E-state index in [4.69, 9.17) is 4.74 Å². The number of nitrogens with zero attached hydrogens (tertiary/aromatic N) is 2. The second kappa shape index (κ2) is 10.1. The van der Waals surface area contributed by atoms with E-state index in [0.29, 0.717) is 5.56 Å². The Bertz CT molecular complexity index is 1560. The molecular weight excluding hydrogens is 498 g/mol. The maximum absolute atomic E-state index is 13.7. The first-order chi connectivity index (χ1) is 17.6. The first-order valence-corrected chi connectivity index (χ1v) is 12.4. The third-order valence-electron chi connectivity index (χ3n) is 5.56. The van der Waals surface area contributed by atoms with Crippen molar-refractivity contribution in [3.63, 3.8) is 0 Å². The smallest absolute Gasteiger partial charge is 0.332 e. The van der Waals surface area contributed by atoms with Gasteiger partial charge in [-0.25, -0.2) is 13.2 Å². The van der Waals surface area contributed by atoms with Gasteiger partial charge >= 0.3 is 5.97 Å². The number of rotatable bonds is 7. The van der Waals surface area contributed by atoms with E-state index in [0.717, 1.165) is 23.6 Å². The van der Waals surface area contributed by atoms with Crippen LogP contribution in [0.3, 0.4) is 0 Å². The molecule has 188 valence electrons. The molecule has 1 aliphatic rings. The van der Waals surface area contributed by atoms with Crippen LogP contribution in [0.4, 0.5) is 11.4 Å². The molecule has 0 saturated heterocycles. The normalized spacial score (nSPS) is 14.7. The SMILES string of the molecule is COC(=O)/C=C1\C(=O)C(c2ccccc2)=C(NS(=O)(=O)c2ccc(C)cc2)N1c1ccccc1[N+](=O)[O-]. The number of ketones is 1. The van der Waals surface area contributed by atoms with Gasteiger partial charge in [0.1, 0.15) is 17.2 Å². The molecule has 0 fully saturated rings. The summed E-state index contributed by atoms with van der Waals surface area (Å²) in [5.74, 6) is -1.89. The lowest BCUT2D eigenvalue weighted by atomic mass is 10.0. The van der Waals surface area contributed by atoms with Gasteiger partial charge in [-0.05, 0) is 30.7 Å². The Morgan fingerprint density at radius 3 is 2.24 bits per heavy atom. The van der Waals surface area contributed by atoms with E-state index in [9.17, 15) is 28.1 Å². The number of Topliss-reactive ketones (excluding diaryl/α,β-unsaturated/α-hetero) is 1. The lowest BCUT2D eigenvalue weighted by molar-refractivity contribution is -0.384. The second-order valence-electron chi connectivity index (χ2n) is 7.97. The van der Waals surface area contributed by atoms with Crippen LogP contribution in [0.2, 0.25) is 0 Å². The fourth-order valence-electron chi connectivity index (χ4n) is 3.80. The van der Waals surface area contributed by atoms with Gasteiger partial charge in [0.25, 0.3) is 15.7 Å². The number of nitro benzene ring substituents is 1. The zero-order valence-corrected chi connectivity index (χ0v) is 20.6. The molecule has 0 radical (unpaired) electrons. The summed E-state index contributed by atoms with van der Waals surface area (Å²) < 4.78 is 34.0. The molecule has 0 aromatic heterocycles. The zero-order chi connectivity index (χ0) is 26.7. The molecule has 1 N–H and O–H groups in total. The number of hydrogen-bond donors (Lipinski definition) is 1. The molecule has 37 heavy (non-hydrogen) atoms. The number of sulfonamides is 1. The number of esters is 1. The fourth-order valence-corrected chi connectivity index (χ4v) is 4.86. The van der Waals surface area contributed by atoms with Crippen molar-refractivity contribution >= 4 is 38.7 Å². The first kappa shape index (κ1) is 25.3. The molecule has 0 amide bonds. The van der Waals surface area contributed by atoms with Gasteiger partial charge in [0.15, 0.2) is 0 Å². The third kappa shape index (κ3) is 4.98. The van der Waals surface area contributed by atoms with E-state index in [1.165, 1.54) is 36.4 Å². The number of carbonyl (C=O) groups is 2. The molecule has 1 aliphatic heterocycles. The summed E-state index contributed by atoms with van der Waals surface area (Å²) in [6.45, 7) is 1.80. The highest BCUT2D eigenvalue weighted by atomic mass is 32.2. The van der Waals surface area contributed by atoms with Gasteiger partial charge in [0.05, 0.1) is 28.6 Å². The summed E-state index contributed by atoms with van der Waals surface area (Å²) in [6, 6.07) is 19.7. The summed E-state index contributed by atoms with van der Waals surface area (Å²) in [7, 11) is -3.16. The van der Waals surface area contributed by atoms with Crippen LogP contribution in [0.25, 0.3) is 5.57 Å². The third-order valence-corrected chi connectivity index (χ3v) is 6.92. The topological polar surface area (TPSA) is 136 Å². The molecule has 0 saturated carbocycles. The Labute approximate surface area is 212 Å². The van der Waals surface area contributed by atoms with Crippen molar-refractivity contribution in [1.29, 1.82) is 0 Å². The number of aryl methyl sites for hydroxylation is 1. The van der Waals surface area contributed by atoms with Crippen LogP contribution in [0.5, 0.6) is 0 Å². The van der Waals surface area contributed by atoms with E-state index in [2.05, 4.69) is 4.72 Å². The minimum atomic E-state index is -4.27. The molecule has 0 bridgehead atoms. The van der Waals surface area contributed by atoms with Gasteiger partial charge in [-0.2, -0.15) is 0 Å². The highest BCUT2D eigenvalue weighted by Crippen LogP contribution is 2.42. The lowest BCUT2D eigenvalue weighted by Crippen LogP contribution is -2.33. The van der Waals surface area contributed by atoms with Crippen LogP contribution in [0.1, 0.15) is 11.1 Å². The molecule has 0 unspecified atom stereocenters. The van der Waals surface area contributed by atoms with Gasteiger partial charge < -0.3 is 4.74 Å². The summed E-state index contributed by atoms with van der Waals surface area (Å²) in [4.78, 5) is 38.1. The Morgan fingerprint density at radius 1 is 1.00 bits per heavy atom. The standard InChI is InChI=1S/C26H21N3O7S/c1-17-12-14-19(15-13-17)37(34,35)27-26-24(18-8-4-3-5-9-18)25(31)22(16-23(30)36-2)28(26)20-10-6-7-11-21(20)29(32)33/h3-16,27H,1-2H3/b22-16+. The average molecular weight is 520 g/mol. The van der Waals surface area contributed by atoms with Crippen molar-refractivity contribution in [3.05, 3.63) is 118 Å². The monoisotopic (exact) mass is 519 g/mol. The predicted molar refractivity (Wildman–Crippen MR) is 136 cm³/mol. The predicted octanol–water partition coefficient (Wildman–Crippen LogP) is 3.70. The molecule has 4 rings (SSSR count). The number of hydrogen-bond acceptors (Lipinski definition) is 8. The Hall–Kier alpha value is -4.77. The summed E-state index contributed by atoms with van der Waals surface area (Å²) in [6.07, 6.45) is 0.870. The Balaban J connectivity index is 2.02. The number of benzene rings is 3. The summed E-state index contributed by atoms with van der Waals surface area (Å²) in [5.41, 5.74) is 0.233. The molecule has 10 nitrogen and oxygen atoms in total. The molecule has 0 atom stereocenters. The first-order valence-electron chi connectivity index (χ1n) is 10.9. The highest BCUT2D eigenvalue weighted by molar-refractivity contribution is 7.89. The van der Waals surface area contributed by atoms with E-state index >= 15 is 0 Å². The largest absolute Gasteiger partial charge is 0.466 e. The Morgan fingerprint density at radius 2 is 1.62 bits per heavy atom. The molecular formula is C26H21N3O7S. The van der Waals surface area contributed by atoms with Crippen molar-refractivity contribution in [2.24, 2.45) is 0 Å². The number of ether oxygens (including phenoxy) is 1. The van der Waals surface area contributed by atoms with Crippen molar-refractivity contribution in [3.8, 4) is 0 Å². The van der Waals surface area contributed by atoms with Crippen LogP contribution in [-0.2, 0) is 24.3 Å². The lowest BCUT2D eigenvalue weighted by Gasteiger charge is -2.24. The van der Waals surface area contributed by atoms with Crippen LogP contribution in [0, 0.1) is 17.0 Å². The van der Waals surface area contributed by atoms with Crippen molar-refractivity contribution < 1.29 is 27.7 Å². The number of anilines is 1. The molecule has 3 aromatic rings. The van der Waals surface area contributed by atoms with E-state index in [-0.39, 0.29) is 27.7 Å². The number of nitro groups is 1. The minimum absolute atomic E-state index is 0.0848. The maximum atomic E-state index is 13.7. The molecule has 1 heterocycles. The number of methoxy groups -OCH3 is 1. The number of para-hydroxylation sites is 2. The van der Waals surface area contributed by atoms with Crippen molar-refractivity contribution in [2.45, 2.75) is 11.8 Å². The van der Waals surface area contributed by atoms with Crippen LogP contribution in [-0.4, -0.2) is 32.2 Å². The average Bonchev–Trinajstić information content (AvgIpc) is 3.14. The summed E-state index contributed by atoms with van der Waals surface area (Å²) in [5, 5.41) is 11.9. The van der Waals surface area contributed by atoms with E-state index in [1.807, 2.05) is 0 Å². The summed E-state index contributed by atoms with van der Waals surface area (Å²) >= 11 is 0. The Kier molecular flexibility index (Phi) is 6.89. The van der Waals surface area contributed by atoms with Gasteiger partial charge in [-0.15, -0.1) is 0 Å². The van der Waals surface area contributed by atoms with E-state index < -0.39 is 32.4 Å². The highest BCUT2D eigenvalue weighted by Gasteiger charge is 2.41. The van der Waals surface area contributed by atoms with Gasteiger partial charge in [-0.1, -0.05) is 60.2 Å².